The van der Waals surface area contributed by atoms with Crippen LogP contribution in [0.2, 0.25) is 5.02 Å². The summed E-state index contributed by atoms with van der Waals surface area (Å²) in [5.74, 6) is 1.35. The molecule has 4 heteroatoms. The molecule has 1 aromatic rings. The van der Waals surface area contributed by atoms with Gasteiger partial charge in [0, 0.05) is 13.1 Å². The van der Waals surface area contributed by atoms with Crippen molar-refractivity contribution in [2.75, 3.05) is 11.9 Å². The molecule has 18 heavy (non-hydrogen) atoms. The lowest BCUT2D eigenvalue weighted by molar-refractivity contribution is 0.549. The Hall–Kier alpha value is -0.470. The average Bonchev–Trinajstić information content (AvgIpc) is 2.67. The molecule has 0 aromatic carbocycles. The summed E-state index contributed by atoms with van der Waals surface area (Å²) >= 11 is 11.9. The number of halogens is 2. The first-order valence-corrected chi connectivity index (χ1v) is 7.58. The molecule has 0 spiro atoms. The van der Waals surface area contributed by atoms with E-state index in [1.54, 1.807) is 0 Å². The lowest BCUT2D eigenvalue weighted by Gasteiger charge is -2.28. The van der Waals surface area contributed by atoms with Crippen LogP contribution in [0.4, 0.5) is 5.82 Å². The molecule has 0 saturated heterocycles. The van der Waals surface area contributed by atoms with E-state index in [0.717, 1.165) is 11.5 Å². The molecule has 1 saturated carbocycles. The Labute approximate surface area is 119 Å². The molecule has 1 aliphatic rings. The van der Waals surface area contributed by atoms with Gasteiger partial charge in [-0.1, -0.05) is 37.3 Å². The standard InChI is InChI=1S/C14H20Cl2N2/c1-18(11-6-4-2-3-5-7-11)14-9-8-12(16)13(10-15)17-14/h8-9,11H,2-7,10H2,1H3. The lowest BCUT2D eigenvalue weighted by Crippen LogP contribution is -2.31. The minimum absolute atomic E-state index is 0.366. The highest BCUT2D eigenvalue weighted by atomic mass is 35.5. The zero-order chi connectivity index (χ0) is 13.0. The predicted molar refractivity (Wildman–Crippen MR) is 78.7 cm³/mol. The first-order chi connectivity index (χ1) is 8.72. The molecule has 2 rings (SSSR count). The van der Waals surface area contributed by atoms with Crippen molar-refractivity contribution < 1.29 is 0 Å². The smallest absolute Gasteiger partial charge is 0.128 e. The Morgan fingerprint density at radius 1 is 1.22 bits per heavy atom. The summed E-state index contributed by atoms with van der Waals surface area (Å²) in [6.45, 7) is 0. The SMILES string of the molecule is CN(c1ccc(Cl)c(CCl)n1)C1CCCCCC1. The van der Waals surface area contributed by atoms with Gasteiger partial charge < -0.3 is 4.90 Å². The van der Waals surface area contributed by atoms with Crippen LogP contribution in [0.1, 0.15) is 44.2 Å². The molecular weight excluding hydrogens is 267 g/mol. The van der Waals surface area contributed by atoms with Crippen LogP contribution in [0.15, 0.2) is 12.1 Å². The summed E-state index contributed by atoms with van der Waals surface area (Å²) in [5, 5.41) is 0.656. The van der Waals surface area contributed by atoms with Crippen LogP contribution in [0, 0.1) is 0 Å². The molecule has 1 aliphatic carbocycles. The van der Waals surface area contributed by atoms with Crippen LogP contribution in [0.3, 0.4) is 0 Å². The molecule has 0 radical (unpaired) electrons. The van der Waals surface area contributed by atoms with Crippen molar-refractivity contribution in [2.45, 2.75) is 50.4 Å². The van der Waals surface area contributed by atoms with Gasteiger partial charge in [-0.3, -0.25) is 0 Å². The largest absolute Gasteiger partial charge is 0.357 e. The molecule has 1 aromatic heterocycles. The van der Waals surface area contributed by atoms with Gasteiger partial charge in [0.15, 0.2) is 0 Å². The summed E-state index contributed by atoms with van der Waals surface area (Å²) in [5.41, 5.74) is 0.774. The van der Waals surface area contributed by atoms with E-state index in [1.165, 1.54) is 38.5 Å². The molecule has 100 valence electrons. The summed E-state index contributed by atoms with van der Waals surface area (Å²) in [4.78, 5) is 6.85. The van der Waals surface area contributed by atoms with E-state index < -0.39 is 0 Å². The van der Waals surface area contributed by atoms with Gasteiger partial charge in [-0.15, -0.1) is 11.6 Å². The fraction of sp³-hybridized carbons (Fsp3) is 0.643. The number of hydrogen-bond donors (Lipinski definition) is 0. The van der Waals surface area contributed by atoms with Gasteiger partial charge in [-0.25, -0.2) is 4.98 Å². The number of nitrogens with zero attached hydrogens (tertiary/aromatic N) is 2. The molecule has 0 aliphatic heterocycles. The molecule has 0 bridgehead atoms. The second-order valence-electron chi connectivity index (χ2n) is 4.99. The maximum Gasteiger partial charge on any atom is 0.128 e. The highest BCUT2D eigenvalue weighted by Crippen LogP contribution is 2.26. The molecule has 0 unspecified atom stereocenters. The topological polar surface area (TPSA) is 16.1 Å². The van der Waals surface area contributed by atoms with Crippen LogP contribution in [0.5, 0.6) is 0 Å². The summed E-state index contributed by atoms with van der Waals surface area (Å²) in [6.07, 6.45) is 7.90. The van der Waals surface area contributed by atoms with Crippen molar-refractivity contribution in [2.24, 2.45) is 0 Å². The number of aromatic nitrogens is 1. The van der Waals surface area contributed by atoms with Crippen molar-refractivity contribution in [1.82, 2.24) is 4.98 Å². The number of anilines is 1. The quantitative estimate of drug-likeness (QED) is 0.595. The zero-order valence-electron chi connectivity index (χ0n) is 10.8. The minimum atomic E-state index is 0.366. The van der Waals surface area contributed by atoms with Crippen LogP contribution < -0.4 is 4.90 Å². The third kappa shape index (κ3) is 3.30. The van der Waals surface area contributed by atoms with Crippen molar-refractivity contribution in [1.29, 1.82) is 0 Å². The Kier molecular flexibility index (Phi) is 5.13. The van der Waals surface area contributed by atoms with Gasteiger partial charge in [0.25, 0.3) is 0 Å². The second-order valence-corrected chi connectivity index (χ2v) is 5.66. The van der Waals surface area contributed by atoms with Crippen LogP contribution in [-0.4, -0.2) is 18.1 Å². The van der Waals surface area contributed by atoms with Crippen LogP contribution >= 0.6 is 23.2 Å². The number of hydrogen-bond acceptors (Lipinski definition) is 2. The van der Waals surface area contributed by atoms with Gasteiger partial charge >= 0.3 is 0 Å². The first kappa shape index (κ1) is 14.0. The van der Waals surface area contributed by atoms with Gasteiger partial charge in [-0.2, -0.15) is 0 Å². The molecule has 1 fully saturated rings. The fourth-order valence-electron chi connectivity index (χ4n) is 2.60. The highest BCUT2D eigenvalue weighted by Gasteiger charge is 2.18. The Morgan fingerprint density at radius 3 is 2.50 bits per heavy atom. The third-order valence-corrected chi connectivity index (χ3v) is 4.36. The Bertz CT molecular complexity index is 387. The highest BCUT2D eigenvalue weighted by molar-refractivity contribution is 6.32. The first-order valence-electron chi connectivity index (χ1n) is 6.66. The minimum Gasteiger partial charge on any atom is -0.357 e. The lowest BCUT2D eigenvalue weighted by atomic mass is 10.1. The van der Waals surface area contributed by atoms with Crippen LogP contribution in [-0.2, 0) is 5.88 Å². The third-order valence-electron chi connectivity index (χ3n) is 3.76. The van der Waals surface area contributed by atoms with E-state index in [1.807, 2.05) is 12.1 Å². The molecule has 1 heterocycles. The zero-order valence-corrected chi connectivity index (χ0v) is 12.3. The van der Waals surface area contributed by atoms with Gasteiger partial charge in [0.1, 0.15) is 5.82 Å². The van der Waals surface area contributed by atoms with E-state index in [9.17, 15) is 0 Å². The average molecular weight is 287 g/mol. The fourth-order valence-corrected chi connectivity index (χ4v) is 3.04. The van der Waals surface area contributed by atoms with E-state index in [2.05, 4.69) is 16.9 Å². The van der Waals surface area contributed by atoms with Crippen molar-refractivity contribution >= 4 is 29.0 Å². The van der Waals surface area contributed by atoms with Crippen molar-refractivity contribution in [3.8, 4) is 0 Å². The predicted octanol–water partition coefficient (Wildman–Crippen LogP) is 4.63. The van der Waals surface area contributed by atoms with Crippen molar-refractivity contribution in [3.05, 3.63) is 22.8 Å². The molecule has 0 amide bonds. The number of alkyl halides is 1. The molecule has 2 nitrogen and oxygen atoms in total. The number of pyridine rings is 1. The van der Waals surface area contributed by atoms with Gasteiger partial charge in [0.2, 0.25) is 0 Å². The maximum atomic E-state index is 6.05. The molecular formula is C14H20Cl2N2. The summed E-state index contributed by atoms with van der Waals surface area (Å²) in [7, 11) is 2.13. The number of rotatable bonds is 3. The summed E-state index contributed by atoms with van der Waals surface area (Å²) in [6, 6.07) is 4.49. The van der Waals surface area contributed by atoms with Gasteiger partial charge in [-0.05, 0) is 25.0 Å². The summed E-state index contributed by atoms with van der Waals surface area (Å²) < 4.78 is 0. The Balaban J connectivity index is 2.13. The van der Waals surface area contributed by atoms with E-state index in [4.69, 9.17) is 23.2 Å². The van der Waals surface area contributed by atoms with Crippen LogP contribution in [0.25, 0.3) is 0 Å². The normalized spacial score (nSPS) is 17.5. The van der Waals surface area contributed by atoms with E-state index in [-0.39, 0.29) is 0 Å². The maximum absolute atomic E-state index is 6.05. The Morgan fingerprint density at radius 2 is 1.89 bits per heavy atom. The monoisotopic (exact) mass is 286 g/mol. The van der Waals surface area contributed by atoms with Gasteiger partial charge in [0.05, 0.1) is 16.6 Å². The molecule has 0 atom stereocenters. The second kappa shape index (κ2) is 6.63. The molecule has 0 N–H and O–H groups in total. The van der Waals surface area contributed by atoms with Crippen molar-refractivity contribution in [3.63, 3.8) is 0 Å². The van der Waals surface area contributed by atoms with E-state index in [0.29, 0.717) is 16.9 Å². The van der Waals surface area contributed by atoms with E-state index >= 15 is 0 Å².